The summed E-state index contributed by atoms with van der Waals surface area (Å²) in [5.41, 5.74) is 0. The summed E-state index contributed by atoms with van der Waals surface area (Å²) in [6.45, 7) is 2.78. The Balaban J connectivity index is 1.55. The molecule has 0 unspecified atom stereocenters. The fraction of sp³-hybridized carbons (Fsp3) is 0.429. The monoisotopic (exact) mass is 258 g/mol. The van der Waals surface area contributed by atoms with Crippen LogP contribution in [0.2, 0.25) is 0 Å². The molecule has 0 aliphatic carbocycles. The van der Waals surface area contributed by atoms with Gasteiger partial charge >= 0.3 is 0 Å². The number of furan rings is 1. The second kappa shape index (κ2) is 5.84. The molecular weight excluding hydrogens is 240 g/mol. The molecule has 1 aliphatic rings. The van der Waals surface area contributed by atoms with E-state index in [1.165, 1.54) is 12.8 Å². The van der Waals surface area contributed by atoms with Crippen molar-refractivity contribution in [1.82, 2.24) is 15.5 Å². The van der Waals surface area contributed by atoms with E-state index < -0.39 is 0 Å². The SMILES string of the molecule is c1cnnc(N2CCC[C@@H]2CNCc2ccco2)c1. The molecule has 0 bridgehead atoms. The highest BCUT2D eigenvalue weighted by Crippen LogP contribution is 2.22. The summed E-state index contributed by atoms with van der Waals surface area (Å²) in [4.78, 5) is 2.34. The summed E-state index contributed by atoms with van der Waals surface area (Å²) in [6, 6.07) is 8.36. The number of nitrogens with one attached hydrogen (secondary N) is 1. The van der Waals surface area contributed by atoms with E-state index in [4.69, 9.17) is 4.42 Å². The van der Waals surface area contributed by atoms with Crippen LogP contribution in [0.5, 0.6) is 0 Å². The average molecular weight is 258 g/mol. The van der Waals surface area contributed by atoms with Gasteiger partial charge in [-0.2, -0.15) is 5.10 Å². The Kier molecular flexibility index (Phi) is 3.74. The molecule has 5 heteroatoms. The number of hydrogen-bond donors (Lipinski definition) is 1. The predicted octanol–water partition coefficient (Wildman–Crippen LogP) is 1.83. The van der Waals surface area contributed by atoms with Gasteiger partial charge in [0.1, 0.15) is 5.76 Å². The smallest absolute Gasteiger partial charge is 0.151 e. The van der Waals surface area contributed by atoms with Gasteiger partial charge in [0, 0.05) is 25.3 Å². The van der Waals surface area contributed by atoms with Gasteiger partial charge in [-0.15, -0.1) is 5.10 Å². The predicted molar refractivity (Wildman–Crippen MR) is 72.8 cm³/mol. The minimum Gasteiger partial charge on any atom is -0.468 e. The number of aromatic nitrogens is 2. The van der Waals surface area contributed by atoms with Crippen LogP contribution in [0.1, 0.15) is 18.6 Å². The molecule has 2 aromatic heterocycles. The molecule has 1 saturated heterocycles. The summed E-state index contributed by atoms with van der Waals surface area (Å²) in [5.74, 6) is 1.95. The Hall–Kier alpha value is -1.88. The number of rotatable bonds is 5. The maximum atomic E-state index is 5.31. The maximum absolute atomic E-state index is 5.31. The quantitative estimate of drug-likeness (QED) is 0.886. The molecule has 19 heavy (non-hydrogen) atoms. The third kappa shape index (κ3) is 2.93. The molecular formula is C14H18N4O. The summed E-state index contributed by atoms with van der Waals surface area (Å²) in [6.07, 6.45) is 5.83. The van der Waals surface area contributed by atoms with Gasteiger partial charge in [-0.05, 0) is 37.1 Å². The molecule has 2 aromatic rings. The van der Waals surface area contributed by atoms with E-state index in [0.717, 1.165) is 31.2 Å². The summed E-state index contributed by atoms with van der Waals surface area (Å²) in [7, 11) is 0. The largest absolute Gasteiger partial charge is 0.468 e. The lowest BCUT2D eigenvalue weighted by atomic mass is 10.2. The van der Waals surface area contributed by atoms with Crippen LogP contribution >= 0.6 is 0 Å². The van der Waals surface area contributed by atoms with Crippen molar-refractivity contribution in [3.63, 3.8) is 0 Å². The number of hydrogen-bond acceptors (Lipinski definition) is 5. The molecule has 1 aliphatic heterocycles. The molecule has 0 spiro atoms. The van der Waals surface area contributed by atoms with Crippen molar-refractivity contribution < 1.29 is 4.42 Å². The van der Waals surface area contributed by atoms with E-state index in [9.17, 15) is 0 Å². The minimum atomic E-state index is 0.492. The van der Waals surface area contributed by atoms with Gasteiger partial charge < -0.3 is 14.6 Å². The molecule has 1 fully saturated rings. The Morgan fingerprint density at radius 3 is 3.16 bits per heavy atom. The Bertz CT molecular complexity index is 485. The van der Waals surface area contributed by atoms with E-state index in [1.54, 1.807) is 12.5 Å². The first-order valence-corrected chi connectivity index (χ1v) is 6.71. The molecule has 1 N–H and O–H groups in total. The van der Waals surface area contributed by atoms with Gasteiger partial charge in [0.05, 0.1) is 12.8 Å². The van der Waals surface area contributed by atoms with Crippen molar-refractivity contribution in [2.75, 3.05) is 18.0 Å². The summed E-state index contributed by atoms with van der Waals surface area (Å²) < 4.78 is 5.31. The molecule has 0 amide bonds. The average Bonchev–Trinajstić information content (AvgIpc) is 3.11. The van der Waals surface area contributed by atoms with E-state index in [1.807, 2.05) is 24.3 Å². The van der Waals surface area contributed by atoms with Gasteiger partial charge in [0.15, 0.2) is 5.82 Å². The van der Waals surface area contributed by atoms with Gasteiger partial charge in [-0.1, -0.05) is 0 Å². The van der Waals surface area contributed by atoms with Gasteiger partial charge in [-0.25, -0.2) is 0 Å². The summed E-state index contributed by atoms with van der Waals surface area (Å²) >= 11 is 0. The zero-order valence-electron chi connectivity index (χ0n) is 10.8. The molecule has 100 valence electrons. The van der Waals surface area contributed by atoms with E-state index in [2.05, 4.69) is 20.4 Å². The highest BCUT2D eigenvalue weighted by molar-refractivity contribution is 5.39. The lowest BCUT2D eigenvalue weighted by Gasteiger charge is -2.25. The maximum Gasteiger partial charge on any atom is 0.151 e. The molecule has 1 atom stereocenters. The Labute approximate surface area is 112 Å². The lowest BCUT2D eigenvalue weighted by molar-refractivity contribution is 0.471. The fourth-order valence-electron chi connectivity index (χ4n) is 2.57. The van der Waals surface area contributed by atoms with Gasteiger partial charge in [-0.3, -0.25) is 0 Å². The van der Waals surface area contributed by atoms with E-state index >= 15 is 0 Å². The standard InChI is InChI=1S/C14H18N4O/c1-6-14(17-16-7-1)18-8-2-4-12(18)10-15-11-13-5-3-9-19-13/h1,3,5-7,9,12,15H,2,4,8,10-11H2/t12-/m1/s1. The van der Waals surface area contributed by atoms with Gasteiger partial charge in [0.2, 0.25) is 0 Å². The van der Waals surface area contributed by atoms with E-state index in [0.29, 0.717) is 6.04 Å². The normalized spacial score (nSPS) is 18.9. The lowest BCUT2D eigenvalue weighted by Crippen LogP contribution is -2.38. The van der Waals surface area contributed by atoms with Crippen molar-refractivity contribution >= 4 is 5.82 Å². The van der Waals surface area contributed by atoms with Crippen molar-refractivity contribution in [3.05, 3.63) is 42.5 Å². The van der Waals surface area contributed by atoms with Crippen LogP contribution in [0, 0.1) is 0 Å². The second-order valence-corrected chi connectivity index (χ2v) is 4.78. The van der Waals surface area contributed by atoms with Crippen LogP contribution in [-0.4, -0.2) is 29.3 Å². The van der Waals surface area contributed by atoms with Crippen LogP contribution in [-0.2, 0) is 6.54 Å². The molecule has 5 nitrogen and oxygen atoms in total. The first kappa shape index (κ1) is 12.2. The van der Waals surface area contributed by atoms with E-state index in [-0.39, 0.29) is 0 Å². The Morgan fingerprint density at radius 1 is 1.37 bits per heavy atom. The van der Waals surface area contributed by atoms with Crippen molar-refractivity contribution in [3.8, 4) is 0 Å². The van der Waals surface area contributed by atoms with Crippen molar-refractivity contribution in [2.45, 2.75) is 25.4 Å². The number of anilines is 1. The third-order valence-electron chi connectivity index (χ3n) is 3.49. The highest BCUT2D eigenvalue weighted by Gasteiger charge is 2.25. The number of nitrogens with zero attached hydrogens (tertiary/aromatic N) is 3. The van der Waals surface area contributed by atoms with Crippen LogP contribution in [0.3, 0.4) is 0 Å². The molecule has 3 heterocycles. The molecule has 0 aromatic carbocycles. The van der Waals surface area contributed by atoms with Crippen LogP contribution in [0.25, 0.3) is 0 Å². The summed E-state index contributed by atoms with van der Waals surface area (Å²) in [5, 5.41) is 11.6. The Morgan fingerprint density at radius 2 is 2.37 bits per heavy atom. The minimum absolute atomic E-state index is 0.492. The third-order valence-corrected chi connectivity index (χ3v) is 3.49. The van der Waals surface area contributed by atoms with Gasteiger partial charge in [0.25, 0.3) is 0 Å². The topological polar surface area (TPSA) is 54.2 Å². The zero-order valence-corrected chi connectivity index (χ0v) is 10.8. The molecule has 0 radical (unpaired) electrons. The van der Waals surface area contributed by atoms with Crippen LogP contribution in [0.4, 0.5) is 5.82 Å². The fourth-order valence-corrected chi connectivity index (χ4v) is 2.57. The zero-order chi connectivity index (χ0) is 12.9. The molecule has 0 saturated carbocycles. The highest BCUT2D eigenvalue weighted by atomic mass is 16.3. The van der Waals surface area contributed by atoms with Crippen LogP contribution in [0.15, 0.2) is 41.1 Å². The first-order valence-electron chi connectivity index (χ1n) is 6.71. The molecule has 3 rings (SSSR count). The van der Waals surface area contributed by atoms with Crippen molar-refractivity contribution in [1.29, 1.82) is 0 Å². The van der Waals surface area contributed by atoms with Crippen LogP contribution < -0.4 is 10.2 Å². The second-order valence-electron chi connectivity index (χ2n) is 4.78. The van der Waals surface area contributed by atoms with Crippen molar-refractivity contribution in [2.24, 2.45) is 0 Å². The first-order chi connectivity index (χ1) is 9.43.